The lowest BCUT2D eigenvalue weighted by Gasteiger charge is -2.22. The van der Waals surface area contributed by atoms with Gasteiger partial charge in [-0.1, -0.05) is 66.7 Å². The molecule has 8 nitrogen and oxygen atoms in total. The number of hydrazone groups is 1. The number of ether oxygens (including phenoxy) is 1. The predicted molar refractivity (Wildman–Crippen MR) is 132 cm³/mol. The van der Waals surface area contributed by atoms with Crippen LogP contribution in [0.4, 0.5) is 5.82 Å². The van der Waals surface area contributed by atoms with Crippen LogP contribution in [-0.2, 0) is 4.79 Å². The summed E-state index contributed by atoms with van der Waals surface area (Å²) in [7, 11) is 0. The standard InChI is InChI=1S/C27H22N4O4/c1-18-11-14-25(27(28-18)31(33)34)35-17-26(32)30-24(20-8-3-2-4-9-20)16-23(29-30)22-13-12-19-7-5-6-10-21(19)15-22/h2-15,24H,16-17H2,1H3/t24-/m0/s1. The van der Waals surface area contributed by atoms with E-state index in [1.165, 1.54) is 11.1 Å². The molecule has 0 bridgehead atoms. The van der Waals surface area contributed by atoms with Gasteiger partial charge in [0.15, 0.2) is 6.61 Å². The van der Waals surface area contributed by atoms with Crippen LogP contribution in [0, 0.1) is 17.0 Å². The quantitative estimate of drug-likeness (QED) is 0.287. The maximum Gasteiger partial charge on any atom is 0.406 e. The van der Waals surface area contributed by atoms with Gasteiger partial charge in [-0.05, 0) is 50.0 Å². The molecule has 0 saturated carbocycles. The summed E-state index contributed by atoms with van der Waals surface area (Å²) in [5, 5.41) is 19.7. The van der Waals surface area contributed by atoms with Crippen molar-refractivity contribution in [1.29, 1.82) is 0 Å². The van der Waals surface area contributed by atoms with E-state index in [2.05, 4.69) is 22.2 Å². The summed E-state index contributed by atoms with van der Waals surface area (Å²) in [5.41, 5.74) is 3.17. The fraction of sp³-hybridized carbons (Fsp3) is 0.148. The number of fused-ring (bicyclic) bond motifs is 1. The second kappa shape index (κ2) is 9.34. The van der Waals surface area contributed by atoms with Crippen molar-refractivity contribution in [1.82, 2.24) is 9.99 Å². The van der Waals surface area contributed by atoms with Gasteiger partial charge in [0.05, 0.1) is 11.8 Å². The van der Waals surface area contributed by atoms with Crippen molar-refractivity contribution in [3.63, 3.8) is 0 Å². The van der Waals surface area contributed by atoms with Crippen LogP contribution in [0.2, 0.25) is 0 Å². The summed E-state index contributed by atoms with van der Waals surface area (Å²) in [6.07, 6.45) is 0.542. The molecule has 1 atom stereocenters. The first-order chi connectivity index (χ1) is 17.0. The smallest absolute Gasteiger partial charge is 0.406 e. The van der Waals surface area contributed by atoms with Crippen LogP contribution >= 0.6 is 0 Å². The van der Waals surface area contributed by atoms with E-state index in [0.717, 1.165) is 27.6 Å². The highest BCUT2D eigenvalue weighted by molar-refractivity contribution is 6.05. The monoisotopic (exact) mass is 466 g/mol. The fourth-order valence-corrected chi connectivity index (χ4v) is 4.20. The third-order valence-electron chi connectivity index (χ3n) is 5.94. The van der Waals surface area contributed by atoms with Crippen LogP contribution < -0.4 is 4.74 Å². The van der Waals surface area contributed by atoms with E-state index in [9.17, 15) is 14.9 Å². The molecular weight excluding hydrogens is 444 g/mol. The molecule has 174 valence electrons. The second-order valence-electron chi connectivity index (χ2n) is 8.30. The van der Waals surface area contributed by atoms with Gasteiger partial charge in [-0.15, -0.1) is 0 Å². The van der Waals surface area contributed by atoms with Crippen molar-refractivity contribution in [3.8, 4) is 5.75 Å². The van der Waals surface area contributed by atoms with Gasteiger partial charge >= 0.3 is 5.82 Å². The fourth-order valence-electron chi connectivity index (χ4n) is 4.20. The zero-order chi connectivity index (χ0) is 24.4. The minimum absolute atomic E-state index is 0.0526. The van der Waals surface area contributed by atoms with Crippen molar-refractivity contribution in [2.24, 2.45) is 5.10 Å². The maximum atomic E-state index is 13.2. The van der Waals surface area contributed by atoms with Gasteiger partial charge in [-0.3, -0.25) is 4.79 Å². The molecule has 8 heteroatoms. The highest BCUT2D eigenvalue weighted by Crippen LogP contribution is 2.34. The van der Waals surface area contributed by atoms with Crippen LogP contribution in [-0.4, -0.2) is 33.1 Å². The van der Waals surface area contributed by atoms with Gasteiger partial charge in [0.1, 0.15) is 5.69 Å². The highest BCUT2D eigenvalue weighted by atomic mass is 16.6. The van der Waals surface area contributed by atoms with Crippen molar-refractivity contribution >= 4 is 28.2 Å². The number of amides is 1. The predicted octanol–water partition coefficient (Wildman–Crippen LogP) is 5.21. The van der Waals surface area contributed by atoms with E-state index >= 15 is 0 Å². The molecule has 1 aliphatic rings. The van der Waals surface area contributed by atoms with Crippen LogP contribution in [0.15, 0.2) is 90.0 Å². The van der Waals surface area contributed by atoms with Crippen LogP contribution in [0.25, 0.3) is 10.8 Å². The van der Waals surface area contributed by atoms with Crippen molar-refractivity contribution in [2.45, 2.75) is 19.4 Å². The number of nitrogens with zero attached hydrogens (tertiary/aromatic N) is 4. The number of carbonyl (C=O) groups excluding carboxylic acids is 1. The van der Waals surface area contributed by atoms with E-state index in [4.69, 9.17) is 4.74 Å². The Labute approximate surface area is 201 Å². The molecule has 1 amide bonds. The number of aromatic nitrogens is 1. The van der Waals surface area contributed by atoms with E-state index in [-0.39, 0.29) is 11.8 Å². The Morgan fingerprint density at radius 3 is 2.54 bits per heavy atom. The number of carbonyl (C=O) groups is 1. The summed E-state index contributed by atoms with van der Waals surface area (Å²) >= 11 is 0. The average Bonchev–Trinajstić information content (AvgIpc) is 3.34. The Morgan fingerprint density at radius 1 is 1.03 bits per heavy atom. The Hall–Kier alpha value is -4.59. The lowest BCUT2D eigenvalue weighted by molar-refractivity contribution is -0.390. The number of pyridine rings is 1. The van der Waals surface area contributed by atoms with Crippen LogP contribution in [0.3, 0.4) is 0 Å². The second-order valence-corrected chi connectivity index (χ2v) is 8.30. The molecule has 0 fully saturated rings. The van der Waals surface area contributed by atoms with Gasteiger partial charge in [-0.25, -0.2) is 5.01 Å². The lowest BCUT2D eigenvalue weighted by Crippen LogP contribution is -2.31. The topological polar surface area (TPSA) is 97.9 Å². The zero-order valence-electron chi connectivity index (χ0n) is 19.0. The summed E-state index contributed by atoms with van der Waals surface area (Å²) in [4.78, 5) is 27.9. The largest absolute Gasteiger partial charge is 0.475 e. The third-order valence-corrected chi connectivity index (χ3v) is 5.94. The lowest BCUT2D eigenvalue weighted by atomic mass is 9.97. The van der Waals surface area contributed by atoms with Gasteiger partial charge in [0.2, 0.25) is 5.75 Å². The van der Waals surface area contributed by atoms with Gasteiger partial charge in [0, 0.05) is 13.3 Å². The molecule has 35 heavy (non-hydrogen) atoms. The van der Waals surface area contributed by atoms with Crippen molar-refractivity contribution in [2.75, 3.05) is 6.61 Å². The molecule has 0 unspecified atom stereocenters. The normalized spacial score (nSPS) is 15.2. The average molecular weight is 466 g/mol. The Bertz CT molecular complexity index is 1450. The summed E-state index contributed by atoms with van der Waals surface area (Å²) < 4.78 is 5.55. The Morgan fingerprint density at radius 2 is 1.77 bits per heavy atom. The molecule has 1 aromatic heterocycles. The molecule has 0 aliphatic carbocycles. The first-order valence-electron chi connectivity index (χ1n) is 11.2. The molecule has 0 saturated heterocycles. The molecule has 5 rings (SSSR count). The molecule has 2 heterocycles. The van der Waals surface area contributed by atoms with Crippen LogP contribution in [0.5, 0.6) is 5.75 Å². The highest BCUT2D eigenvalue weighted by Gasteiger charge is 2.33. The number of benzene rings is 3. The Kier molecular flexibility index (Phi) is 5.93. The summed E-state index contributed by atoms with van der Waals surface area (Å²) in [6, 6.07) is 26.6. The minimum atomic E-state index is -0.620. The number of hydrogen-bond donors (Lipinski definition) is 0. The minimum Gasteiger partial charge on any atom is -0.475 e. The van der Waals surface area contributed by atoms with Crippen LogP contribution in [0.1, 0.15) is 29.3 Å². The molecule has 3 aromatic carbocycles. The zero-order valence-corrected chi connectivity index (χ0v) is 19.0. The summed E-state index contributed by atoms with van der Waals surface area (Å²) in [6.45, 7) is 1.25. The van der Waals surface area contributed by atoms with E-state index in [0.29, 0.717) is 12.1 Å². The van der Waals surface area contributed by atoms with E-state index in [1.807, 2.05) is 60.7 Å². The molecule has 0 N–H and O–H groups in total. The molecule has 0 spiro atoms. The van der Waals surface area contributed by atoms with Gasteiger partial charge in [-0.2, -0.15) is 5.10 Å². The first-order valence-corrected chi connectivity index (χ1v) is 11.2. The maximum absolute atomic E-state index is 13.2. The number of aryl methyl sites for hydroxylation is 1. The number of nitro groups is 1. The summed E-state index contributed by atoms with van der Waals surface area (Å²) in [5.74, 6) is -0.869. The third kappa shape index (κ3) is 4.59. The number of hydrogen-bond acceptors (Lipinski definition) is 6. The SMILES string of the molecule is Cc1ccc(OCC(=O)N2N=C(c3ccc4ccccc4c3)C[C@H]2c2ccccc2)c([N+](=O)[O-])n1. The van der Waals surface area contributed by atoms with Crippen molar-refractivity contribution in [3.05, 3.63) is 112 Å². The molecule has 1 aliphatic heterocycles. The van der Waals surface area contributed by atoms with Gasteiger partial charge < -0.3 is 14.9 Å². The molecule has 0 radical (unpaired) electrons. The van der Waals surface area contributed by atoms with E-state index in [1.54, 1.807) is 13.0 Å². The number of rotatable bonds is 6. The Balaban J connectivity index is 1.43. The molecular formula is C27H22N4O4. The van der Waals surface area contributed by atoms with Crippen molar-refractivity contribution < 1.29 is 14.5 Å². The van der Waals surface area contributed by atoms with Gasteiger partial charge in [0.25, 0.3) is 5.91 Å². The first kappa shape index (κ1) is 22.2. The molecule has 4 aromatic rings. The van der Waals surface area contributed by atoms with E-state index < -0.39 is 23.3 Å².